The van der Waals surface area contributed by atoms with E-state index in [0.717, 1.165) is 33.4 Å². The summed E-state index contributed by atoms with van der Waals surface area (Å²) >= 11 is 1.28. The highest BCUT2D eigenvalue weighted by atomic mass is 32.2. The van der Waals surface area contributed by atoms with Crippen molar-refractivity contribution in [2.24, 2.45) is 0 Å². The molecule has 0 bridgehead atoms. The minimum atomic E-state index is -0.220. The number of anilines is 1. The number of pyridine rings is 1. The zero-order valence-corrected chi connectivity index (χ0v) is 22.6. The first-order valence-electron chi connectivity index (χ1n) is 12.7. The van der Waals surface area contributed by atoms with Gasteiger partial charge in [-0.25, -0.2) is 0 Å². The fourth-order valence-corrected chi connectivity index (χ4v) is 5.22. The molecule has 0 spiro atoms. The smallest absolute Gasteiger partial charge is 0.234 e. The fraction of sp³-hybridized carbons (Fsp3) is 0.133. The van der Waals surface area contributed by atoms with Crippen LogP contribution in [0.3, 0.4) is 0 Å². The quantitative estimate of drug-likeness (QED) is 0.207. The Morgan fingerprint density at radius 3 is 2.62 bits per heavy atom. The number of para-hydroxylation sites is 1. The molecule has 6 aromatic rings. The second-order valence-corrected chi connectivity index (χ2v) is 9.74. The number of methoxy groups -OCH3 is 1. The molecule has 0 saturated carbocycles. The van der Waals surface area contributed by atoms with Crippen LogP contribution in [-0.4, -0.2) is 45.1 Å². The van der Waals surface area contributed by atoms with E-state index in [1.165, 1.54) is 11.8 Å². The molecule has 9 nitrogen and oxygen atoms in total. The van der Waals surface area contributed by atoms with Gasteiger partial charge in [0.25, 0.3) is 0 Å². The molecule has 0 fully saturated rings. The topological polar surface area (TPSA) is 104 Å². The Kier molecular flexibility index (Phi) is 7.07. The molecule has 0 unspecified atom stereocenters. The first-order chi connectivity index (χ1) is 19.6. The monoisotopic (exact) mass is 551 g/mol. The molecule has 0 radical (unpaired) electrons. The molecule has 3 aromatic carbocycles. The van der Waals surface area contributed by atoms with Gasteiger partial charge in [0, 0.05) is 40.5 Å². The molecule has 3 aromatic heterocycles. The maximum absolute atomic E-state index is 13.1. The van der Waals surface area contributed by atoms with Crippen molar-refractivity contribution in [2.75, 3.05) is 24.8 Å². The number of hydrogen-bond acceptors (Lipinski definition) is 8. The van der Waals surface area contributed by atoms with Gasteiger partial charge < -0.3 is 19.2 Å². The molecular weight excluding hydrogens is 526 g/mol. The van der Waals surface area contributed by atoms with E-state index in [0.29, 0.717) is 34.6 Å². The third-order valence-corrected chi connectivity index (χ3v) is 7.19. The third kappa shape index (κ3) is 4.96. The summed E-state index contributed by atoms with van der Waals surface area (Å²) in [5, 5.41) is 14.3. The molecule has 1 N–H and O–H groups in total. The number of carbonyl (C=O) groups is 1. The summed E-state index contributed by atoms with van der Waals surface area (Å²) in [6.45, 7) is 2.52. The van der Waals surface area contributed by atoms with E-state index in [-0.39, 0.29) is 11.7 Å². The Morgan fingerprint density at radius 1 is 1.00 bits per heavy atom. The highest BCUT2D eigenvalue weighted by molar-refractivity contribution is 7.99. The van der Waals surface area contributed by atoms with Crippen LogP contribution in [-0.2, 0) is 4.79 Å². The minimum Gasteiger partial charge on any atom is -0.495 e. The molecule has 40 heavy (non-hydrogen) atoms. The van der Waals surface area contributed by atoms with Crippen LogP contribution in [0.2, 0.25) is 0 Å². The highest BCUT2D eigenvalue weighted by Gasteiger charge is 2.19. The van der Waals surface area contributed by atoms with Crippen LogP contribution < -0.4 is 14.8 Å². The average molecular weight is 552 g/mol. The maximum atomic E-state index is 13.1. The van der Waals surface area contributed by atoms with E-state index in [2.05, 4.69) is 20.5 Å². The normalized spacial score (nSPS) is 11.2. The number of benzene rings is 3. The van der Waals surface area contributed by atoms with Crippen molar-refractivity contribution >= 4 is 45.3 Å². The lowest BCUT2D eigenvalue weighted by Gasteiger charge is -2.12. The lowest BCUT2D eigenvalue weighted by atomic mass is 10.1. The number of amides is 1. The van der Waals surface area contributed by atoms with Crippen molar-refractivity contribution in [1.29, 1.82) is 0 Å². The van der Waals surface area contributed by atoms with Gasteiger partial charge in [-0.1, -0.05) is 30.0 Å². The van der Waals surface area contributed by atoms with Crippen LogP contribution in [0.25, 0.3) is 39.0 Å². The summed E-state index contributed by atoms with van der Waals surface area (Å²) in [5.41, 5.74) is 3.62. The van der Waals surface area contributed by atoms with Gasteiger partial charge in [-0.05, 0) is 55.5 Å². The second kappa shape index (κ2) is 11.1. The van der Waals surface area contributed by atoms with Gasteiger partial charge in [0.2, 0.25) is 5.91 Å². The Balaban J connectivity index is 1.26. The Morgan fingerprint density at radius 2 is 1.85 bits per heavy atom. The maximum Gasteiger partial charge on any atom is 0.234 e. The third-order valence-electron chi connectivity index (χ3n) is 6.26. The first kappa shape index (κ1) is 25.4. The van der Waals surface area contributed by atoms with Gasteiger partial charge in [0.15, 0.2) is 11.0 Å². The largest absolute Gasteiger partial charge is 0.495 e. The van der Waals surface area contributed by atoms with E-state index in [1.807, 2.05) is 78.2 Å². The van der Waals surface area contributed by atoms with Crippen molar-refractivity contribution in [3.8, 4) is 28.6 Å². The van der Waals surface area contributed by atoms with Gasteiger partial charge in [-0.15, -0.1) is 10.2 Å². The zero-order valence-electron chi connectivity index (χ0n) is 21.8. The van der Waals surface area contributed by atoms with Gasteiger partial charge in [-0.2, -0.15) is 0 Å². The molecule has 200 valence electrons. The predicted octanol–water partition coefficient (Wildman–Crippen LogP) is 6.37. The Hall–Kier alpha value is -4.83. The number of aromatic nitrogens is 4. The molecular formula is C30H25N5O4S. The van der Waals surface area contributed by atoms with Crippen molar-refractivity contribution in [3.63, 3.8) is 0 Å². The van der Waals surface area contributed by atoms with Crippen LogP contribution in [0.1, 0.15) is 6.92 Å². The van der Waals surface area contributed by atoms with E-state index in [4.69, 9.17) is 13.9 Å². The summed E-state index contributed by atoms with van der Waals surface area (Å²) in [7, 11) is 1.58. The Labute approximate surface area is 234 Å². The van der Waals surface area contributed by atoms with Crippen LogP contribution in [0.5, 0.6) is 11.5 Å². The second-order valence-electron chi connectivity index (χ2n) is 8.79. The minimum absolute atomic E-state index is 0.101. The van der Waals surface area contributed by atoms with E-state index >= 15 is 0 Å². The average Bonchev–Trinajstić information content (AvgIpc) is 3.58. The molecule has 0 saturated heterocycles. The van der Waals surface area contributed by atoms with Crippen molar-refractivity contribution in [1.82, 2.24) is 19.7 Å². The molecule has 0 aliphatic heterocycles. The van der Waals surface area contributed by atoms with Crippen LogP contribution in [0.4, 0.5) is 5.69 Å². The molecule has 0 aliphatic rings. The standard InChI is InChI=1S/C30H25N5O4S/c1-3-38-21-12-10-20(11-13-21)35-29(19-7-6-14-31-17-19)33-34-30(35)40-18-28(36)32-24-16-26-23(15-27(24)37-2)22-8-4-5-9-25(22)39-26/h4-17H,3,18H2,1-2H3,(H,32,36). The number of rotatable bonds is 9. The fourth-order valence-electron chi connectivity index (χ4n) is 4.47. The number of nitrogens with one attached hydrogen (secondary N) is 1. The van der Waals surface area contributed by atoms with Gasteiger partial charge in [-0.3, -0.25) is 14.3 Å². The predicted molar refractivity (Wildman–Crippen MR) is 155 cm³/mol. The van der Waals surface area contributed by atoms with Crippen molar-refractivity contribution in [3.05, 3.63) is 85.2 Å². The zero-order chi connectivity index (χ0) is 27.5. The SMILES string of the molecule is CCOc1ccc(-n2c(SCC(=O)Nc3cc4oc5ccccc5c4cc3OC)nnc2-c2cccnc2)cc1. The van der Waals surface area contributed by atoms with E-state index in [9.17, 15) is 4.79 Å². The summed E-state index contributed by atoms with van der Waals surface area (Å²) < 4.78 is 19.1. The molecule has 6 rings (SSSR count). The molecule has 3 heterocycles. The van der Waals surface area contributed by atoms with Gasteiger partial charge >= 0.3 is 0 Å². The lowest BCUT2D eigenvalue weighted by Crippen LogP contribution is -2.15. The number of ether oxygens (including phenoxy) is 2. The van der Waals surface area contributed by atoms with Crippen molar-refractivity contribution < 1.29 is 18.7 Å². The molecule has 1 amide bonds. The first-order valence-corrected chi connectivity index (χ1v) is 13.6. The Bertz CT molecular complexity index is 1800. The molecule has 10 heteroatoms. The molecule has 0 atom stereocenters. The highest BCUT2D eigenvalue weighted by Crippen LogP contribution is 2.36. The number of hydrogen-bond donors (Lipinski definition) is 1. The van der Waals surface area contributed by atoms with Crippen LogP contribution in [0.15, 0.2) is 94.8 Å². The number of furan rings is 1. The van der Waals surface area contributed by atoms with Crippen molar-refractivity contribution in [2.45, 2.75) is 12.1 Å². The van der Waals surface area contributed by atoms with Gasteiger partial charge in [0.1, 0.15) is 22.7 Å². The summed E-state index contributed by atoms with van der Waals surface area (Å²) in [4.78, 5) is 17.3. The number of carbonyl (C=O) groups excluding carboxylic acids is 1. The summed E-state index contributed by atoms with van der Waals surface area (Å²) in [6, 6.07) is 22.9. The van der Waals surface area contributed by atoms with E-state index < -0.39 is 0 Å². The summed E-state index contributed by atoms with van der Waals surface area (Å²) in [5.74, 6) is 1.82. The van der Waals surface area contributed by atoms with Gasteiger partial charge in [0.05, 0.1) is 25.2 Å². The number of fused-ring (bicyclic) bond motifs is 3. The van der Waals surface area contributed by atoms with E-state index in [1.54, 1.807) is 25.6 Å². The number of thioether (sulfide) groups is 1. The molecule has 0 aliphatic carbocycles. The summed E-state index contributed by atoms with van der Waals surface area (Å²) in [6.07, 6.45) is 3.44. The van der Waals surface area contributed by atoms with Crippen LogP contribution >= 0.6 is 11.8 Å². The lowest BCUT2D eigenvalue weighted by molar-refractivity contribution is -0.113. The van der Waals surface area contributed by atoms with Crippen LogP contribution in [0, 0.1) is 0 Å². The number of nitrogens with zero attached hydrogens (tertiary/aromatic N) is 4.